The standard InChI is InChI=1S/C70H60N4O16/c1-39(2)69(81)85-31-29-83-27-25-71-55(75)37-73-65(77)47-33-51(87-43-13-9-7-10-14-43)59-60-52(88-44-15-11-8-12-16-44)34-48-58-50(68(80)74(66(48)78)38-56(76)72-26-28-84-30-32-86-70(82)40(3)4)36-54(90-46-23-19-42(6)20-24-46)62(64(58)60)61-53(89-45-21-17-41(5)18-22-45)35-49(67(73)79)57(47)63(59)61/h7-24,33-36H,1,3,25-32,37-38H2,2,4-6H3,(H,71,75)(H,72,76). The molecular weight excluding hydrogens is 1150 g/mol. The van der Waals surface area contributed by atoms with Gasteiger partial charge in [0, 0.05) is 67.3 Å². The van der Waals surface area contributed by atoms with Crippen molar-refractivity contribution in [2.75, 3.05) is 65.8 Å². The van der Waals surface area contributed by atoms with Gasteiger partial charge in [-0.05, 0) is 100 Å². The van der Waals surface area contributed by atoms with Crippen molar-refractivity contribution in [2.45, 2.75) is 27.7 Å². The average Bonchev–Trinajstić information content (AvgIpc) is 0.682. The number of nitrogens with zero attached hydrogens (tertiary/aromatic N) is 2. The van der Waals surface area contributed by atoms with Gasteiger partial charge in [0.25, 0.3) is 23.6 Å². The van der Waals surface area contributed by atoms with Crippen LogP contribution in [0.3, 0.4) is 0 Å². The van der Waals surface area contributed by atoms with E-state index in [9.17, 15) is 19.2 Å². The van der Waals surface area contributed by atoms with Gasteiger partial charge in [0.2, 0.25) is 11.8 Å². The lowest BCUT2D eigenvalue weighted by Crippen LogP contribution is -2.46. The maximum absolute atomic E-state index is 15.4. The third kappa shape index (κ3) is 12.5. The van der Waals surface area contributed by atoms with Crippen molar-refractivity contribution in [3.8, 4) is 46.0 Å². The van der Waals surface area contributed by atoms with Gasteiger partial charge >= 0.3 is 11.9 Å². The minimum Gasteiger partial charge on any atom is -0.460 e. The van der Waals surface area contributed by atoms with Gasteiger partial charge < -0.3 is 48.5 Å². The molecule has 0 atom stereocenters. The summed E-state index contributed by atoms with van der Waals surface area (Å²) in [6.45, 7) is 12.6. The van der Waals surface area contributed by atoms with Crippen LogP contribution in [0, 0.1) is 13.8 Å². The highest BCUT2D eigenvalue weighted by molar-refractivity contribution is 6.45. The number of esters is 2. The van der Waals surface area contributed by atoms with Crippen LogP contribution in [0.25, 0.3) is 43.1 Å². The van der Waals surface area contributed by atoms with E-state index in [1.54, 1.807) is 84.9 Å². The predicted molar refractivity (Wildman–Crippen MR) is 333 cm³/mol. The topological polar surface area (TPSA) is 241 Å². The molecule has 0 spiro atoms. The quantitative estimate of drug-likeness (QED) is 0.0128. The van der Waals surface area contributed by atoms with Crippen LogP contribution in [0.5, 0.6) is 46.0 Å². The fourth-order valence-electron chi connectivity index (χ4n) is 10.7. The highest BCUT2D eigenvalue weighted by atomic mass is 16.6. The number of imide groups is 2. The van der Waals surface area contributed by atoms with E-state index in [1.165, 1.54) is 38.1 Å². The molecule has 20 nitrogen and oxygen atoms in total. The number of carbonyl (C=O) groups excluding carboxylic acids is 8. The Kier molecular flexibility index (Phi) is 17.7. The summed E-state index contributed by atoms with van der Waals surface area (Å²) in [6.07, 6.45) is 0. The van der Waals surface area contributed by atoms with E-state index < -0.39 is 60.5 Å². The lowest BCUT2D eigenvalue weighted by molar-refractivity contribution is -0.141. The molecule has 2 aliphatic heterocycles. The number of carbonyl (C=O) groups is 8. The Morgan fingerprint density at radius 2 is 0.689 bits per heavy atom. The Hall–Kier alpha value is -11.0. The summed E-state index contributed by atoms with van der Waals surface area (Å²) in [5.41, 5.74) is 2.23. The second-order valence-corrected chi connectivity index (χ2v) is 21.5. The normalized spacial score (nSPS) is 12.6. The van der Waals surface area contributed by atoms with Crippen LogP contribution >= 0.6 is 0 Å². The van der Waals surface area contributed by atoms with E-state index >= 15 is 19.2 Å². The second kappa shape index (κ2) is 26.2. The van der Waals surface area contributed by atoms with Crippen LogP contribution in [0.2, 0.25) is 0 Å². The molecule has 0 aromatic heterocycles. The molecule has 9 aromatic rings. The Labute approximate surface area is 515 Å². The molecule has 9 aromatic carbocycles. The van der Waals surface area contributed by atoms with Crippen LogP contribution in [0.15, 0.2) is 158 Å². The first kappa shape index (κ1) is 60.7. The van der Waals surface area contributed by atoms with Gasteiger partial charge in [-0.3, -0.25) is 38.6 Å². The first-order chi connectivity index (χ1) is 43.4. The lowest BCUT2D eigenvalue weighted by Gasteiger charge is -2.32. The molecule has 2 N–H and O–H groups in total. The van der Waals surface area contributed by atoms with Crippen LogP contribution < -0.4 is 29.6 Å². The lowest BCUT2D eigenvalue weighted by atomic mass is 9.80. The number of hydrogen-bond acceptors (Lipinski definition) is 16. The van der Waals surface area contributed by atoms with Crippen molar-refractivity contribution >= 4 is 90.5 Å². The van der Waals surface area contributed by atoms with Crippen molar-refractivity contribution < 1.29 is 76.3 Å². The fourth-order valence-corrected chi connectivity index (χ4v) is 10.7. The van der Waals surface area contributed by atoms with Gasteiger partial charge in [0.1, 0.15) is 72.3 Å². The first-order valence-corrected chi connectivity index (χ1v) is 28.8. The van der Waals surface area contributed by atoms with E-state index in [0.29, 0.717) is 23.0 Å². The van der Waals surface area contributed by atoms with E-state index in [0.717, 1.165) is 20.9 Å². The predicted octanol–water partition coefficient (Wildman–Crippen LogP) is 11.2. The third-order valence-corrected chi connectivity index (χ3v) is 14.9. The molecule has 11 rings (SSSR count). The van der Waals surface area contributed by atoms with E-state index in [-0.39, 0.29) is 152 Å². The molecule has 2 heterocycles. The molecule has 2 aliphatic rings. The highest BCUT2D eigenvalue weighted by Crippen LogP contribution is 2.58. The minimum absolute atomic E-state index is 0.0126. The van der Waals surface area contributed by atoms with Gasteiger partial charge in [-0.1, -0.05) is 84.9 Å². The third-order valence-electron chi connectivity index (χ3n) is 14.9. The van der Waals surface area contributed by atoms with Crippen molar-refractivity contribution in [3.63, 3.8) is 0 Å². The summed E-state index contributed by atoms with van der Waals surface area (Å²) in [7, 11) is 0. The van der Waals surface area contributed by atoms with Crippen LogP contribution in [0.1, 0.15) is 66.4 Å². The monoisotopic (exact) mass is 1210 g/mol. The molecule has 0 fully saturated rings. The number of ether oxygens (including phenoxy) is 8. The summed E-state index contributed by atoms with van der Waals surface area (Å²) in [4.78, 5) is 114. The van der Waals surface area contributed by atoms with Crippen LogP contribution in [-0.4, -0.2) is 123 Å². The van der Waals surface area contributed by atoms with Gasteiger partial charge in [0.05, 0.1) is 48.7 Å². The summed E-state index contributed by atoms with van der Waals surface area (Å²) in [5.74, 6) is -4.21. The van der Waals surface area contributed by atoms with Crippen LogP contribution in [0.4, 0.5) is 0 Å². The SMILES string of the molecule is C=C(C)C(=O)OCCOCCNC(=O)CN1C(=O)c2cc(Oc3ccccc3)c3c4c(Oc5ccccc5)cc5c6c(cc(Oc7ccc(C)cc7)c(c7c(Oc8ccc(C)cc8)cc(c2c37)C1=O)c64)C(=O)N(CC(=O)NCCOCCOC(=O)C(=C)C)C5=O. The first-order valence-electron chi connectivity index (χ1n) is 28.8. The number of para-hydroxylation sites is 2. The van der Waals surface area contributed by atoms with Gasteiger partial charge in [-0.15, -0.1) is 0 Å². The number of aryl methyl sites for hydroxylation is 2. The zero-order valence-corrected chi connectivity index (χ0v) is 49.6. The zero-order valence-electron chi connectivity index (χ0n) is 49.6. The van der Waals surface area contributed by atoms with Crippen molar-refractivity contribution in [1.29, 1.82) is 0 Å². The smallest absolute Gasteiger partial charge is 0.333 e. The number of amides is 6. The zero-order chi connectivity index (χ0) is 63.3. The highest BCUT2D eigenvalue weighted by Gasteiger charge is 2.42. The largest absolute Gasteiger partial charge is 0.460 e. The maximum atomic E-state index is 15.4. The molecule has 0 aliphatic carbocycles. The molecule has 90 heavy (non-hydrogen) atoms. The number of nitrogens with one attached hydrogen (secondary N) is 2. The van der Waals surface area contributed by atoms with Gasteiger partial charge in [0.15, 0.2) is 0 Å². The number of fused-ring (bicyclic) bond motifs is 2. The Morgan fingerprint density at radius 3 is 0.989 bits per heavy atom. The number of hydrogen-bond donors (Lipinski definition) is 2. The van der Waals surface area contributed by atoms with E-state index in [2.05, 4.69) is 23.8 Å². The van der Waals surface area contributed by atoms with Crippen molar-refractivity contribution in [3.05, 3.63) is 191 Å². The number of rotatable bonds is 26. The molecule has 0 saturated carbocycles. The summed E-state index contributed by atoms with van der Waals surface area (Å²) in [5, 5.41) is 7.34. The van der Waals surface area contributed by atoms with Gasteiger partial charge in [-0.25, -0.2) is 9.59 Å². The summed E-state index contributed by atoms with van der Waals surface area (Å²) in [6, 6.07) is 37.9. The van der Waals surface area contributed by atoms with E-state index in [4.69, 9.17) is 37.9 Å². The average molecular weight is 1210 g/mol. The summed E-state index contributed by atoms with van der Waals surface area (Å²) < 4.78 is 49.0. The molecule has 0 unspecified atom stereocenters. The molecule has 6 amide bonds. The van der Waals surface area contributed by atoms with Crippen LogP contribution in [-0.2, 0) is 38.1 Å². The molecule has 456 valence electrons. The Morgan fingerprint density at radius 1 is 0.389 bits per heavy atom. The Balaban J connectivity index is 1.12. The second-order valence-electron chi connectivity index (χ2n) is 21.5. The van der Waals surface area contributed by atoms with Crippen molar-refractivity contribution in [1.82, 2.24) is 20.4 Å². The molecule has 0 radical (unpaired) electrons. The minimum atomic E-state index is -0.830. The fraction of sp³-hybridized carbons (Fsp3) is 0.200. The van der Waals surface area contributed by atoms with Gasteiger partial charge in [-0.2, -0.15) is 0 Å². The Bertz CT molecular complexity index is 4110. The number of benzene rings is 9. The molecular formula is C70H60N4O16. The van der Waals surface area contributed by atoms with E-state index in [1.807, 2.05) is 38.1 Å². The molecule has 0 saturated heterocycles. The summed E-state index contributed by atoms with van der Waals surface area (Å²) >= 11 is 0. The molecule has 20 heteroatoms. The maximum Gasteiger partial charge on any atom is 0.333 e. The molecule has 0 bridgehead atoms. The van der Waals surface area contributed by atoms with Crippen molar-refractivity contribution in [2.24, 2.45) is 0 Å².